The zero-order valence-electron chi connectivity index (χ0n) is 12.5. The lowest BCUT2D eigenvalue weighted by Crippen LogP contribution is -2.19. The highest BCUT2D eigenvalue weighted by Gasteiger charge is 2.23. The van der Waals surface area contributed by atoms with E-state index in [0.717, 1.165) is 12.0 Å². The SMILES string of the molecule is CCc1ccc(C=C2SC(=Nc3ccccc3Cl)NC2=O)cc1. The number of hydrogen-bond acceptors (Lipinski definition) is 3. The minimum Gasteiger partial charge on any atom is -0.300 e. The maximum Gasteiger partial charge on any atom is 0.264 e. The van der Waals surface area contributed by atoms with E-state index >= 15 is 0 Å². The van der Waals surface area contributed by atoms with Gasteiger partial charge in [-0.3, -0.25) is 4.79 Å². The second-order valence-electron chi connectivity index (χ2n) is 5.03. The number of hydrogen-bond donors (Lipinski definition) is 1. The Balaban J connectivity index is 1.82. The van der Waals surface area contributed by atoms with Crippen LogP contribution in [0, 0.1) is 0 Å². The number of thioether (sulfide) groups is 1. The van der Waals surface area contributed by atoms with Crippen molar-refractivity contribution in [2.75, 3.05) is 0 Å². The number of aliphatic imine (C=N–C) groups is 1. The Labute approximate surface area is 144 Å². The van der Waals surface area contributed by atoms with E-state index in [1.807, 2.05) is 36.4 Å². The molecule has 0 atom stereocenters. The Bertz CT molecular complexity index is 797. The largest absolute Gasteiger partial charge is 0.300 e. The van der Waals surface area contributed by atoms with Crippen LogP contribution in [0.15, 0.2) is 58.4 Å². The summed E-state index contributed by atoms with van der Waals surface area (Å²) in [6.45, 7) is 2.12. The molecule has 0 unspecified atom stereocenters. The highest BCUT2D eigenvalue weighted by molar-refractivity contribution is 8.18. The van der Waals surface area contributed by atoms with Crippen molar-refractivity contribution < 1.29 is 4.79 Å². The summed E-state index contributed by atoms with van der Waals surface area (Å²) in [7, 11) is 0. The van der Waals surface area contributed by atoms with Gasteiger partial charge < -0.3 is 5.32 Å². The highest BCUT2D eigenvalue weighted by atomic mass is 35.5. The Kier molecular flexibility index (Phi) is 4.84. The smallest absolute Gasteiger partial charge is 0.264 e. The van der Waals surface area contributed by atoms with Gasteiger partial charge in [-0.15, -0.1) is 0 Å². The zero-order chi connectivity index (χ0) is 16.2. The lowest BCUT2D eigenvalue weighted by Gasteiger charge is -1.98. The molecule has 3 nitrogen and oxygen atoms in total. The standard InChI is InChI=1S/C18H15ClN2OS/c1-2-12-7-9-13(10-8-12)11-16-17(22)21-18(23-16)20-15-6-4-3-5-14(15)19/h3-11H,2H2,1H3,(H,20,21,22). The number of carbonyl (C=O) groups is 1. The summed E-state index contributed by atoms with van der Waals surface area (Å²) in [5.74, 6) is -0.139. The molecule has 0 bridgehead atoms. The van der Waals surface area contributed by atoms with Crippen molar-refractivity contribution >= 4 is 46.2 Å². The molecular weight excluding hydrogens is 328 g/mol. The third kappa shape index (κ3) is 3.84. The molecule has 2 aromatic carbocycles. The number of amidine groups is 1. The van der Waals surface area contributed by atoms with E-state index in [1.165, 1.54) is 17.3 Å². The van der Waals surface area contributed by atoms with Crippen molar-refractivity contribution in [3.05, 3.63) is 69.6 Å². The van der Waals surface area contributed by atoms with Crippen LogP contribution in [0.4, 0.5) is 5.69 Å². The van der Waals surface area contributed by atoms with Gasteiger partial charge >= 0.3 is 0 Å². The van der Waals surface area contributed by atoms with E-state index in [-0.39, 0.29) is 5.91 Å². The molecule has 2 aromatic rings. The monoisotopic (exact) mass is 342 g/mol. The van der Waals surface area contributed by atoms with Crippen molar-refractivity contribution in [2.24, 2.45) is 4.99 Å². The first kappa shape index (κ1) is 15.8. The second-order valence-corrected chi connectivity index (χ2v) is 6.47. The fourth-order valence-electron chi connectivity index (χ4n) is 2.13. The highest BCUT2D eigenvalue weighted by Crippen LogP contribution is 2.30. The summed E-state index contributed by atoms with van der Waals surface area (Å²) >= 11 is 7.41. The van der Waals surface area contributed by atoms with Crippen molar-refractivity contribution in [1.29, 1.82) is 0 Å². The molecule has 0 radical (unpaired) electrons. The van der Waals surface area contributed by atoms with Gasteiger partial charge in [0.15, 0.2) is 5.17 Å². The van der Waals surface area contributed by atoms with E-state index in [1.54, 1.807) is 6.07 Å². The van der Waals surface area contributed by atoms with E-state index in [2.05, 4.69) is 29.4 Å². The Morgan fingerprint density at radius 1 is 1.17 bits per heavy atom. The number of rotatable bonds is 3. The van der Waals surface area contributed by atoms with Gasteiger partial charge in [-0.25, -0.2) is 4.99 Å². The molecule has 0 aromatic heterocycles. The van der Waals surface area contributed by atoms with Crippen LogP contribution in [-0.2, 0) is 11.2 Å². The molecule has 1 saturated heterocycles. The molecule has 1 N–H and O–H groups in total. The third-order valence-electron chi connectivity index (χ3n) is 3.41. The van der Waals surface area contributed by atoms with Crippen LogP contribution in [0.1, 0.15) is 18.1 Å². The second kappa shape index (κ2) is 7.02. The fourth-order valence-corrected chi connectivity index (χ4v) is 3.15. The van der Waals surface area contributed by atoms with Gasteiger partial charge in [0.05, 0.1) is 15.6 Å². The molecule has 1 aliphatic rings. The third-order valence-corrected chi connectivity index (χ3v) is 4.64. The summed E-state index contributed by atoms with van der Waals surface area (Å²) in [5, 5.41) is 3.87. The van der Waals surface area contributed by atoms with Gasteiger partial charge in [-0.1, -0.05) is 54.9 Å². The molecule has 3 rings (SSSR count). The molecule has 0 spiro atoms. The quantitative estimate of drug-likeness (QED) is 0.814. The van der Waals surface area contributed by atoms with Gasteiger partial charge in [0.25, 0.3) is 5.91 Å². The summed E-state index contributed by atoms with van der Waals surface area (Å²) in [4.78, 5) is 17.1. The first-order chi connectivity index (χ1) is 11.2. The normalized spacial score (nSPS) is 17.7. The Morgan fingerprint density at radius 2 is 1.91 bits per heavy atom. The Hall–Kier alpha value is -2.04. The average molecular weight is 343 g/mol. The first-order valence-electron chi connectivity index (χ1n) is 7.29. The molecule has 1 fully saturated rings. The van der Waals surface area contributed by atoms with Crippen LogP contribution in [-0.4, -0.2) is 11.1 Å². The van der Waals surface area contributed by atoms with Crippen molar-refractivity contribution in [3.8, 4) is 0 Å². The van der Waals surface area contributed by atoms with Crippen LogP contribution in [0.5, 0.6) is 0 Å². The summed E-state index contributed by atoms with van der Waals surface area (Å²) < 4.78 is 0. The minimum absolute atomic E-state index is 0.139. The number of aryl methyl sites for hydroxylation is 1. The van der Waals surface area contributed by atoms with Gasteiger partial charge in [-0.05, 0) is 47.5 Å². The average Bonchev–Trinajstić information content (AvgIpc) is 2.90. The van der Waals surface area contributed by atoms with E-state index in [0.29, 0.717) is 20.8 Å². The summed E-state index contributed by atoms with van der Waals surface area (Å²) in [6, 6.07) is 15.5. The van der Waals surface area contributed by atoms with E-state index in [9.17, 15) is 4.79 Å². The number of halogens is 1. The van der Waals surface area contributed by atoms with Crippen molar-refractivity contribution in [1.82, 2.24) is 5.32 Å². The number of amides is 1. The maximum atomic E-state index is 12.1. The van der Waals surface area contributed by atoms with Gasteiger partial charge in [-0.2, -0.15) is 0 Å². The fraction of sp³-hybridized carbons (Fsp3) is 0.111. The molecule has 1 heterocycles. The number of benzene rings is 2. The lowest BCUT2D eigenvalue weighted by molar-refractivity contribution is -0.115. The zero-order valence-corrected chi connectivity index (χ0v) is 14.1. The molecule has 0 saturated carbocycles. The molecule has 1 amide bonds. The molecule has 116 valence electrons. The van der Waals surface area contributed by atoms with Crippen LogP contribution in [0.2, 0.25) is 5.02 Å². The van der Waals surface area contributed by atoms with E-state index < -0.39 is 0 Å². The number of para-hydroxylation sites is 1. The van der Waals surface area contributed by atoms with E-state index in [4.69, 9.17) is 11.6 Å². The minimum atomic E-state index is -0.139. The van der Waals surface area contributed by atoms with Crippen molar-refractivity contribution in [3.63, 3.8) is 0 Å². The lowest BCUT2D eigenvalue weighted by atomic mass is 10.1. The maximum absolute atomic E-state index is 12.1. The van der Waals surface area contributed by atoms with Crippen LogP contribution < -0.4 is 5.32 Å². The predicted molar refractivity (Wildman–Crippen MR) is 98.1 cm³/mol. The van der Waals surface area contributed by atoms with Crippen LogP contribution >= 0.6 is 23.4 Å². The molecular formula is C18H15ClN2OS. The summed E-state index contributed by atoms with van der Waals surface area (Å²) in [6.07, 6.45) is 2.87. The van der Waals surface area contributed by atoms with Crippen LogP contribution in [0.25, 0.3) is 6.08 Å². The topological polar surface area (TPSA) is 41.5 Å². The Morgan fingerprint density at radius 3 is 2.61 bits per heavy atom. The van der Waals surface area contributed by atoms with Gasteiger partial charge in [0, 0.05) is 0 Å². The molecule has 5 heteroatoms. The molecule has 1 aliphatic heterocycles. The number of nitrogens with one attached hydrogen (secondary N) is 1. The van der Waals surface area contributed by atoms with Gasteiger partial charge in [0.1, 0.15) is 0 Å². The predicted octanol–water partition coefficient (Wildman–Crippen LogP) is 4.79. The number of carbonyl (C=O) groups excluding carboxylic acids is 1. The van der Waals surface area contributed by atoms with Crippen LogP contribution in [0.3, 0.4) is 0 Å². The first-order valence-corrected chi connectivity index (χ1v) is 8.48. The summed E-state index contributed by atoms with van der Waals surface area (Å²) in [5.41, 5.74) is 2.92. The number of nitrogens with zero attached hydrogens (tertiary/aromatic N) is 1. The molecule has 23 heavy (non-hydrogen) atoms. The molecule has 0 aliphatic carbocycles. The van der Waals surface area contributed by atoms with Gasteiger partial charge in [0.2, 0.25) is 0 Å². The van der Waals surface area contributed by atoms with Crippen molar-refractivity contribution in [2.45, 2.75) is 13.3 Å².